The second-order valence-electron chi connectivity index (χ2n) is 5.86. The van der Waals surface area contributed by atoms with E-state index in [4.69, 9.17) is 27.9 Å². The fraction of sp³-hybridized carbons (Fsp3) is 0.0952. The van der Waals surface area contributed by atoms with E-state index < -0.39 is 0 Å². The average Bonchev–Trinajstić information content (AvgIpc) is 2.75. The van der Waals surface area contributed by atoms with Gasteiger partial charge in [-0.1, -0.05) is 29.3 Å². The smallest absolute Gasteiger partial charge is 0.271 e. The molecule has 0 aliphatic rings. The maximum atomic E-state index is 12.2. The van der Waals surface area contributed by atoms with Crippen molar-refractivity contribution in [1.82, 2.24) is 10.4 Å². The van der Waals surface area contributed by atoms with Crippen LogP contribution in [0.25, 0.3) is 0 Å². The van der Waals surface area contributed by atoms with Crippen molar-refractivity contribution in [1.29, 1.82) is 0 Å². The Hall–Kier alpha value is -2.54. The Morgan fingerprint density at radius 1 is 1.17 bits per heavy atom. The number of benzene rings is 2. The van der Waals surface area contributed by atoms with Crippen molar-refractivity contribution in [3.63, 3.8) is 0 Å². The summed E-state index contributed by atoms with van der Waals surface area (Å²) >= 11 is 13.4. The van der Waals surface area contributed by atoms with Crippen LogP contribution in [0.5, 0.6) is 5.75 Å². The van der Waals surface area contributed by atoms with Gasteiger partial charge in [-0.25, -0.2) is 10.4 Å². The minimum Gasteiger partial charge on any atom is -0.496 e. The zero-order valence-electron chi connectivity index (χ0n) is 15.4. The lowest BCUT2D eigenvalue weighted by molar-refractivity contribution is 0.0955. The van der Waals surface area contributed by atoms with Crippen LogP contribution in [0, 0.1) is 0 Å². The third-order valence-corrected chi connectivity index (χ3v) is 5.61. The first-order chi connectivity index (χ1) is 14.1. The molecule has 0 radical (unpaired) electrons. The number of pyridine rings is 1. The third-order valence-electron chi connectivity index (χ3n) is 3.88. The fourth-order valence-corrected chi connectivity index (χ4v) is 3.58. The van der Waals surface area contributed by atoms with Gasteiger partial charge in [-0.05, 0) is 54.1 Å². The summed E-state index contributed by atoms with van der Waals surface area (Å²) in [6.45, 7) is 0. The summed E-state index contributed by atoms with van der Waals surface area (Å²) in [5, 5.41) is 5.66. The molecule has 1 amide bonds. The lowest BCUT2D eigenvalue weighted by Gasteiger charge is -2.09. The lowest BCUT2D eigenvalue weighted by atomic mass is 10.1. The van der Waals surface area contributed by atoms with Gasteiger partial charge in [0.1, 0.15) is 5.75 Å². The molecule has 29 heavy (non-hydrogen) atoms. The van der Waals surface area contributed by atoms with Gasteiger partial charge in [0, 0.05) is 23.1 Å². The van der Waals surface area contributed by atoms with E-state index in [0.29, 0.717) is 21.4 Å². The topological polar surface area (TPSA) is 63.6 Å². The number of amides is 1. The Morgan fingerprint density at radius 2 is 2.03 bits per heavy atom. The van der Waals surface area contributed by atoms with Crippen molar-refractivity contribution in [3.8, 4) is 5.75 Å². The zero-order chi connectivity index (χ0) is 20.6. The predicted molar refractivity (Wildman–Crippen MR) is 118 cm³/mol. The molecule has 0 spiro atoms. The molecule has 5 nitrogen and oxygen atoms in total. The van der Waals surface area contributed by atoms with E-state index in [1.54, 1.807) is 43.4 Å². The number of nitrogens with zero attached hydrogens (tertiary/aromatic N) is 2. The predicted octanol–water partition coefficient (Wildman–Crippen LogP) is 5.45. The van der Waals surface area contributed by atoms with E-state index in [2.05, 4.69) is 15.5 Å². The van der Waals surface area contributed by atoms with Gasteiger partial charge in [0.2, 0.25) is 0 Å². The maximum absolute atomic E-state index is 12.2. The second kappa shape index (κ2) is 10.3. The van der Waals surface area contributed by atoms with Crippen LogP contribution in [-0.2, 0) is 5.75 Å². The Kier molecular flexibility index (Phi) is 7.52. The molecule has 3 rings (SSSR count). The highest BCUT2D eigenvalue weighted by Crippen LogP contribution is 2.27. The van der Waals surface area contributed by atoms with Crippen molar-refractivity contribution in [2.24, 2.45) is 5.10 Å². The number of methoxy groups -OCH3 is 1. The molecule has 0 saturated carbocycles. The van der Waals surface area contributed by atoms with E-state index in [0.717, 1.165) is 21.9 Å². The van der Waals surface area contributed by atoms with Crippen LogP contribution < -0.4 is 10.2 Å². The van der Waals surface area contributed by atoms with Gasteiger partial charge < -0.3 is 4.74 Å². The van der Waals surface area contributed by atoms with E-state index in [9.17, 15) is 4.79 Å². The summed E-state index contributed by atoms with van der Waals surface area (Å²) in [6.07, 6.45) is 3.34. The SMILES string of the molecule is COc1ccc(/C=N/NC(=O)c2ccc(Cl)c(Cl)c2)cc1CSc1ccccn1. The first-order valence-electron chi connectivity index (χ1n) is 8.56. The molecule has 0 atom stereocenters. The summed E-state index contributed by atoms with van der Waals surface area (Å²) in [4.78, 5) is 16.5. The first kappa shape index (κ1) is 21.2. The monoisotopic (exact) mass is 445 g/mol. The van der Waals surface area contributed by atoms with Gasteiger partial charge in [0.05, 0.1) is 28.4 Å². The molecule has 8 heteroatoms. The van der Waals surface area contributed by atoms with Gasteiger partial charge in [0.15, 0.2) is 0 Å². The molecule has 1 heterocycles. The minimum atomic E-state index is -0.376. The number of halogens is 2. The molecule has 1 N–H and O–H groups in total. The normalized spacial score (nSPS) is 10.9. The molecular formula is C21H17Cl2N3O2S. The Morgan fingerprint density at radius 3 is 2.76 bits per heavy atom. The number of carbonyl (C=O) groups excluding carboxylic acids is 1. The molecule has 0 saturated heterocycles. The summed E-state index contributed by atoms with van der Waals surface area (Å²) in [6, 6.07) is 16.1. The number of ether oxygens (including phenoxy) is 1. The molecule has 0 fully saturated rings. The van der Waals surface area contributed by atoms with Crippen molar-refractivity contribution in [3.05, 3.63) is 87.5 Å². The number of carbonyl (C=O) groups is 1. The van der Waals surface area contributed by atoms with Crippen molar-refractivity contribution in [2.75, 3.05) is 7.11 Å². The highest BCUT2D eigenvalue weighted by atomic mass is 35.5. The number of hydrogen-bond donors (Lipinski definition) is 1. The summed E-state index contributed by atoms with van der Waals surface area (Å²) in [5.41, 5.74) is 4.69. The highest BCUT2D eigenvalue weighted by molar-refractivity contribution is 7.98. The van der Waals surface area contributed by atoms with Crippen LogP contribution in [-0.4, -0.2) is 24.2 Å². The molecule has 1 aromatic heterocycles. The average molecular weight is 446 g/mol. The molecule has 0 bridgehead atoms. The fourth-order valence-electron chi connectivity index (χ4n) is 2.44. The maximum Gasteiger partial charge on any atom is 0.271 e. The second-order valence-corrected chi connectivity index (χ2v) is 7.67. The molecule has 0 aliphatic heterocycles. The van der Waals surface area contributed by atoms with Gasteiger partial charge in [-0.15, -0.1) is 11.8 Å². The van der Waals surface area contributed by atoms with Crippen LogP contribution in [0.15, 0.2) is 70.9 Å². The van der Waals surface area contributed by atoms with E-state index in [1.165, 1.54) is 6.07 Å². The number of aromatic nitrogens is 1. The summed E-state index contributed by atoms with van der Waals surface area (Å²) < 4.78 is 5.44. The van der Waals surface area contributed by atoms with Crippen LogP contribution in [0.1, 0.15) is 21.5 Å². The standard InChI is InChI=1S/C21H17Cl2N3O2S/c1-28-19-8-5-14(10-16(19)13-29-20-4-2-3-9-24-20)12-25-26-21(27)15-6-7-17(22)18(23)11-15/h2-12H,13H2,1H3,(H,26,27)/b25-12+. The molecule has 0 aliphatic carbocycles. The number of nitrogens with one attached hydrogen (secondary N) is 1. The Bertz CT molecular complexity index is 1030. The van der Waals surface area contributed by atoms with Crippen LogP contribution in [0.4, 0.5) is 0 Å². The lowest BCUT2D eigenvalue weighted by Crippen LogP contribution is -2.17. The van der Waals surface area contributed by atoms with Crippen LogP contribution in [0.3, 0.4) is 0 Å². The number of rotatable bonds is 7. The largest absolute Gasteiger partial charge is 0.496 e. The van der Waals surface area contributed by atoms with Crippen molar-refractivity contribution >= 4 is 47.1 Å². The van der Waals surface area contributed by atoms with E-state index in [-0.39, 0.29) is 5.91 Å². The van der Waals surface area contributed by atoms with Crippen LogP contribution >= 0.6 is 35.0 Å². The van der Waals surface area contributed by atoms with E-state index >= 15 is 0 Å². The van der Waals surface area contributed by atoms with Crippen molar-refractivity contribution in [2.45, 2.75) is 10.8 Å². The summed E-state index contributed by atoms with van der Waals surface area (Å²) in [5.74, 6) is 1.10. The van der Waals surface area contributed by atoms with Gasteiger partial charge in [0.25, 0.3) is 5.91 Å². The molecule has 3 aromatic rings. The third kappa shape index (κ3) is 5.97. The Labute approximate surface area is 183 Å². The van der Waals surface area contributed by atoms with E-state index in [1.807, 2.05) is 36.4 Å². The van der Waals surface area contributed by atoms with Gasteiger partial charge >= 0.3 is 0 Å². The highest BCUT2D eigenvalue weighted by Gasteiger charge is 2.08. The number of hydrazone groups is 1. The Balaban J connectivity index is 1.66. The molecule has 0 unspecified atom stereocenters. The minimum absolute atomic E-state index is 0.313. The summed E-state index contributed by atoms with van der Waals surface area (Å²) in [7, 11) is 1.63. The molecular weight excluding hydrogens is 429 g/mol. The number of hydrogen-bond acceptors (Lipinski definition) is 5. The molecule has 2 aromatic carbocycles. The van der Waals surface area contributed by atoms with Gasteiger partial charge in [-0.3, -0.25) is 4.79 Å². The van der Waals surface area contributed by atoms with Crippen LogP contribution in [0.2, 0.25) is 10.0 Å². The zero-order valence-corrected chi connectivity index (χ0v) is 17.8. The van der Waals surface area contributed by atoms with Crippen molar-refractivity contribution < 1.29 is 9.53 Å². The quantitative estimate of drug-likeness (QED) is 0.298. The molecule has 148 valence electrons. The first-order valence-corrected chi connectivity index (χ1v) is 10.3. The number of thioether (sulfide) groups is 1. The van der Waals surface area contributed by atoms with Gasteiger partial charge in [-0.2, -0.15) is 5.10 Å².